The Morgan fingerprint density at radius 2 is 1.91 bits per heavy atom. The number of pyridine rings is 1. The van der Waals surface area contributed by atoms with Crippen LogP contribution in [0, 0.1) is 11.3 Å². The summed E-state index contributed by atoms with van der Waals surface area (Å²) in [6, 6.07) is 14.8. The van der Waals surface area contributed by atoms with E-state index in [2.05, 4.69) is 20.9 Å². The van der Waals surface area contributed by atoms with Crippen LogP contribution in [0.1, 0.15) is 5.56 Å². The molecular formula is C16H10BrN3OS. The molecule has 0 fully saturated rings. The zero-order valence-electron chi connectivity index (χ0n) is 11.3. The standard InChI is InChI=1S/C16H10BrN3OS/c17-15-6-5-14(22-15)11-7-13(20-16(21)12(11)8-18)9-1-3-10(19)4-2-9/h1-7H,19H2,(H,20,21). The van der Waals surface area contributed by atoms with Crippen LogP contribution >= 0.6 is 27.3 Å². The van der Waals surface area contributed by atoms with E-state index in [0.29, 0.717) is 16.9 Å². The van der Waals surface area contributed by atoms with Crippen LogP contribution in [0.2, 0.25) is 0 Å². The summed E-state index contributed by atoms with van der Waals surface area (Å²) in [7, 11) is 0. The predicted molar refractivity (Wildman–Crippen MR) is 92.6 cm³/mol. The summed E-state index contributed by atoms with van der Waals surface area (Å²) in [4.78, 5) is 15.8. The number of nitrogens with one attached hydrogen (secondary N) is 1. The van der Waals surface area contributed by atoms with Crippen molar-refractivity contribution in [3.63, 3.8) is 0 Å². The van der Waals surface area contributed by atoms with Crippen molar-refractivity contribution in [3.05, 3.63) is 62.2 Å². The average molecular weight is 372 g/mol. The highest BCUT2D eigenvalue weighted by Crippen LogP contribution is 2.33. The Labute approximate surface area is 139 Å². The molecule has 0 spiro atoms. The number of nitrogens with two attached hydrogens (primary N) is 1. The van der Waals surface area contributed by atoms with Crippen LogP contribution in [0.15, 0.2) is 51.0 Å². The molecule has 3 aromatic rings. The molecule has 2 aromatic heterocycles. The van der Waals surface area contributed by atoms with E-state index in [-0.39, 0.29) is 5.56 Å². The molecule has 22 heavy (non-hydrogen) atoms. The van der Waals surface area contributed by atoms with E-state index in [9.17, 15) is 10.1 Å². The van der Waals surface area contributed by atoms with E-state index in [1.54, 1.807) is 12.1 Å². The Morgan fingerprint density at radius 1 is 1.18 bits per heavy atom. The van der Waals surface area contributed by atoms with Crippen LogP contribution < -0.4 is 11.3 Å². The summed E-state index contributed by atoms with van der Waals surface area (Å²) in [5.41, 5.74) is 8.20. The molecule has 0 saturated heterocycles. The molecule has 0 amide bonds. The van der Waals surface area contributed by atoms with Gasteiger partial charge < -0.3 is 10.7 Å². The number of hydrogen-bond acceptors (Lipinski definition) is 4. The molecule has 4 nitrogen and oxygen atoms in total. The number of nitrogens with zero attached hydrogens (tertiary/aromatic N) is 1. The van der Waals surface area contributed by atoms with Crippen molar-refractivity contribution >= 4 is 33.0 Å². The summed E-state index contributed by atoms with van der Waals surface area (Å²) in [6.07, 6.45) is 0. The summed E-state index contributed by atoms with van der Waals surface area (Å²) in [6.45, 7) is 0. The fourth-order valence-corrected chi connectivity index (χ4v) is 3.55. The highest BCUT2D eigenvalue weighted by Gasteiger charge is 2.13. The van der Waals surface area contributed by atoms with E-state index in [1.165, 1.54) is 11.3 Å². The summed E-state index contributed by atoms with van der Waals surface area (Å²) in [5, 5.41) is 9.27. The van der Waals surface area contributed by atoms with Gasteiger partial charge in [0.25, 0.3) is 5.56 Å². The quantitative estimate of drug-likeness (QED) is 0.668. The Bertz CT molecular complexity index is 935. The van der Waals surface area contributed by atoms with Crippen molar-refractivity contribution in [1.29, 1.82) is 5.26 Å². The number of H-pyrrole nitrogens is 1. The first-order valence-corrected chi connectivity index (χ1v) is 7.98. The van der Waals surface area contributed by atoms with E-state index in [1.807, 2.05) is 36.4 Å². The SMILES string of the molecule is N#Cc1c(-c2ccc(Br)s2)cc(-c2ccc(N)cc2)[nH]c1=O. The van der Waals surface area contributed by atoms with Crippen LogP contribution in [0.4, 0.5) is 5.69 Å². The molecule has 6 heteroatoms. The number of nitrogen functional groups attached to an aromatic ring is 1. The van der Waals surface area contributed by atoms with Crippen LogP contribution in [-0.4, -0.2) is 4.98 Å². The fourth-order valence-electron chi connectivity index (χ4n) is 2.14. The summed E-state index contributed by atoms with van der Waals surface area (Å²) < 4.78 is 0.945. The third-order valence-electron chi connectivity index (χ3n) is 3.21. The number of thiophene rings is 1. The maximum Gasteiger partial charge on any atom is 0.267 e. The maximum absolute atomic E-state index is 12.2. The lowest BCUT2D eigenvalue weighted by molar-refractivity contribution is 1.22. The Balaban J connectivity index is 2.23. The minimum Gasteiger partial charge on any atom is -0.399 e. The lowest BCUT2D eigenvalue weighted by atomic mass is 10.0. The van der Waals surface area contributed by atoms with Crippen molar-refractivity contribution < 1.29 is 0 Å². The van der Waals surface area contributed by atoms with Gasteiger partial charge in [-0.2, -0.15) is 5.26 Å². The molecule has 0 radical (unpaired) electrons. The second-order valence-electron chi connectivity index (χ2n) is 4.64. The fraction of sp³-hybridized carbons (Fsp3) is 0. The predicted octanol–water partition coefficient (Wildman–Crippen LogP) is 3.99. The van der Waals surface area contributed by atoms with Gasteiger partial charge in [0, 0.05) is 21.8 Å². The van der Waals surface area contributed by atoms with Gasteiger partial charge in [-0.05, 0) is 51.8 Å². The zero-order chi connectivity index (χ0) is 15.7. The van der Waals surface area contributed by atoms with E-state index in [0.717, 1.165) is 14.2 Å². The van der Waals surface area contributed by atoms with Crippen molar-refractivity contribution in [1.82, 2.24) is 4.98 Å². The van der Waals surface area contributed by atoms with E-state index >= 15 is 0 Å². The molecule has 0 bridgehead atoms. The van der Waals surface area contributed by atoms with E-state index in [4.69, 9.17) is 5.73 Å². The van der Waals surface area contributed by atoms with Gasteiger partial charge in [0.2, 0.25) is 0 Å². The highest BCUT2D eigenvalue weighted by molar-refractivity contribution is 9.11. The number of aromatic nitrogens is 1. The first kappa shape index (κ1) is 14.6. The number of benzene rings is 1. The third kappa shape index (κ3) is 2.69. The smallest absolute Gasteiger partial charge is 0.267 e. The normalized spacial score (nSPS) is 10.4. The monoisotopic (exact) mass is 371 g/mol. The van der Waals surface area contributed by atoms with Gasteiger partial charge in [0.05, 0.1) is 3.79 Å². The molecule has 3 rings (SSSR count). The van der Waals surface area contributed by atoms with Gasteiger partial charge in [0.15, 0.2) is 0 Å². The lowest BCUT2D eigenvalue weighted by Gasteiger charge is -2.06. The number of aromatic amines is 1. The number of rotatable bonds is 2. The number of halogens is 1. The highest BCUT2D eigenvalue weighted by atomic mass is 79.9. The summed E-state index contributed by atoms with van der Waals surface area (Å²) in [5.74, 6) is 0. The molecule has 0 saturated carbocycles. The number of anilines is 1. The lowest BCUT2D eigenvalue weighted by Crippen LogP contribution is -2.12. The minimum atomic E-state index is -0.392. The van der Waals surface area contributed by atoms with E-state index < -0.39 is 5.56 Å². The van der Waals surface area contributed by atoms with Gasteiger partial charge in [-0.3, -0.25) is 4.79 Å². The Morgan fingerprint density at radius 3 is 2.50 bits per heavy atom. The number of nitriles is 1. The van der Waals surface area contributed by atoms with Gasteiger partial charge in [-0.25, -0.2) is 0 Å². The molecule has 1 aromatic carbocycles. The van der Waals surface area contributed by atoms with Crippen molar-refractivity contribution in [2.24, 2.45) is 0 Å². The largest absolute Gasteiger partial charge is 0.399 e. The molecule has 0 aliphatic rings. The molecule has 0 unspecified atom stereocenters. The Hall–Kier alpha value is -2.36. The zero-order valence-corrected chi connectivity index (χ0v) is 13.7. The topological polar surface area (TPSA) is 82.7 Å². The average Bonchev–Trinajstić information content (AvgIpc) is 2.93. The molecule has 2 heterocycles. The second kappa shape index (κ2) is 5.79. The van der Waals surface area contributed by atoms with Crippen molar-refractivity contribution in [3.8, 4) is 27.8 Å². The molecular weight excluding hydrogens is 362 g/mol. The van der Waals surface area contributed by atoms with Crippen molar-refractivity contribution in [2.75, 3.05) is 5.73 Å². The summed E-state index contributed by atoms with van der Waals surface area (Å²) >= 11 is 4.88. The van der Waals surface area contributed by atoms with Gasteiger partial charge in [-0.1, -0.05) is 12.1 Å². The van der Waals surface area contributed by atoms with Crippen molar-refractivity contribution in [2.45, 2.75) is 0 Å². The van der Waals surface area contributed by atoms with Crippen LogP contribution in [-0.2, 0) is 0 Å². The van der Waals surface area contributed by atoms with Crippen LogP contribution in [0.5, 0.6) is 0 Å². The van der Waals surface area contributed by atoms with Crippen LogP contribution in [0.3, 0.4) is 0 Å². The Kier molecular flexibility index (Phi) is 3.84. The third-order valence-corrected chi connectivity index (χ3v) is 4.86. The molecule has 0 atom stereocenters. The second-order valence-corrected chi connectivity index (χ2v) is 7.10. The van der Waals surface area contributed by atoms with Crippen LogP contribution in [0.25, 0.3) is 21.7 Å². The first-order valence-electron chi connectivity index (χ1n) is 6.37. The van der Waals surface area contributed by atoms with Gasteiger partial charge >= 0.3 is 0 Å². The molecule has 0 aliphatic carbocycles. The molecule has 3 N–H and O–H groups in total. The maximum atomic E-state index is 12.2. The van der Waals surface area contributed by atoms with Gasteiger partial charge in [0.1, 0.15) is 11.6 Å². The minimum absolute atomic E-state index is 0.119. The first-order chi connectivity index (χ1) is 10.6. The molecule has 0 aliphatic heterocycles. The molecule has 108 valence electrons. The van der Waals surface area contributed by atoms with Gasteiger partial charge in [-0.15, -0.1) is 11.3 Å². The number of hydrogen-bond donors (Lipinski definition) is 2.